The maximum atomic E-state index is 12.2. The minimum absolute atomic E-state index is 0.0901. The number of aromatic amines is 1. The van der Waals surface area contributed by atoms with Crippen LogP contribution in [0.15, 0.2) is 47.4 Å². The number of nitrogens with one attached hydrogen (secondary N) is 1. The molecular weight excluding hydrogens is 337 g/mol. The van der Waals surface area contributed by atoms with Gasteiger partial charge in [0.2, 0.25) is 0 Å². The van der Waals surface area contributed by atoms with E-state index in [4.69, 9.17) is 0 Å². The van der Waals surface area contributed by atoms with Gasteiger partial charge in [-0.1, -0.05) is 0 Å². The molecule has 2 nitrogen and oxygen atoms in total. The van der Waals surface area contributed by atoms with E-state index in [0.29, 0.717) is 0 Å². The fourth-order valence-corrected chi connectivity index (χ4v) is 4.58. The molecule has 1 heterocycles. The van der Waals surface area contributed by atoms with Gasteiger partial charge in [0, 0.05) is 0 Å². The molecule has 0 bridgehead atoms. The van der Waals surface area contributed by atoms with E-state index in [2.05, 4.69) is 30.1 Å². The Morgan fingerprint density at radius 2 is 1.68 bits per heavy atom. The minimum atomic E-state index is 0.0901. The van der Waals surface area contributed by atoms with Crippen LogP contribution in [0.3, 0.4) is 0 Å². The molecule has 1 aromatic heterocycles. The molecule has 0 atom stereocenters. The zero-order valence-corrected chi connectivity index (χ0v) is 15.0. The molecule has 3 heteroatoms. The third-order valence-corrected chi connectivity index (χ3v) is 6.19. The summed E-state index contributed by atoms with van der Waals surface area (Å²) in [7, 11) is 0. The number of rotatable bonds is 9. The average Bonchev–Trinajstić information content (AvgIpc) is 2.54. The zero-order chi connectivity index (χ0) is 15.6. The average molecular weight is 362 g/mol. The Balaban J connectivity index is 1.96. The van der Waals surface area contributed by atoms with E-state index < -0.39 is 0 Å². The molecule has 118 valence electrons. The number of unbranched alkanes of at least 4 members (excludes halogenated alkanes) is 5. The van der Waals surface area contributed by atoms with Crippen LogP contribution in [0, 0.1) is 0 Å². The van der Waals surface area contributed by atoms with Gasteiger partial charge in [0.05, 0.1) is 0 Å². The summed E-state index contributed by atoms with van der Waals surface area (Å²) in [5, 5.41) is 0. The molecule has 0 aliphatic heterocycles. The zero-order valence-electron chi connectivity index (χ0n) is 13.3. The van der Waals surface area contributed by atoms with E-state index in [0.717, 1.165) is 10.9 Å². The summed E-state index contributed by atoms with van der Waals surface area (Å²) < 4.78 is 2.26. The summed E-state index contributed by atoms with van der Waals surface area (Å²) >= 11 is 0.0909. The van der Waals surface area contributed by atoms with Gasteiger partial charge in [0.25, 0.3) is 0 Å². The molecular formula is C19H25NOSe. The standard InChI is InChI=1S/C19H25NOSe/c1-2-3-4-5-6-8-11-16-14-15-20-19(21)18(16)22-17-12-9-7-10-13-17/h7,9-10,12-15H,2-6,8,11H2,1H3,(H,20,21). The molecule has 0 fully saturated rings. The second-order valence-electron chi connectivity index (χ2n) is 5.59. The summed E-state index contributed by atoms with van der Waals surface area (Å²) in [6.45, 7) is 2.24. The molecule has 1 aromatic carbocycles. The van der Waals surface area contributed by atoms with E-state index >= 15 is 0 Å². The molecule has 22 heavy (non-hydrogen) atoms. The number of benzene rings is 1. The van der Waals surface area contributed by atoms with Crippen LogP contribution in [-0.4, -0.2) is 19.9 Å². The first-order chi connectivity index (χ1) is 10.8. The summed E-state index contributed by atoms with van der Waals surface area (Å²) in [6, 6.07) is 12.4. The number of pyridine rings is 1. The van der Waals surface area contributed by atoms with Crippen molar-refractivity contribution in [3.63, 3.8) is 0 Å². The predicted molar refractivity (Wildman–Crippen MR) is 95.6 cm³/mol. The molecule has 0 unspecified atom stereocenters. The third-order valence-electron chi connectivity index (χ3n) is 3.76. The number of hydrogen-bond donors (Lipinski definition) is 1. The van der Waals surface area contributed by atoms with Crippen molar-refractivity contribution >= 4 is 23.9 Å². The summed E-state index contributed by atoms with van der Waals surface area (Å²) in [5.74, 6) is 0. The SMILES string of the molecule is CCCCCCCCc1cc[nH]c(=O)c1[Se]c1ccccc1. The number of aryl methyl sites for hydroxylation is 1. The van der Waals surface area contributed by atoms with Gasteiger partial charge in [-0.25, -0.2) is 0 Å². The molecule has 0 saturated heterocycles. The summed E-state index contributed by atoms with van der Waals surface area (Å²) in [5.41, 5.74) is 1.33. The van der Waals surface area contributed by atoms with Crippen LogP contribution in [-0.2, 0) is 6.42 Å². The van der Waals surface area contributed by atoms with Crippen molar-refractivity contribution in [2.24, 2.45) is 0 Å². The van der Waals surface area contributed by atoms with Gasteiger partial charge in [-0.3, -0.25) is 0 Å². The van der Waals surface area contributed by atoms with Crippen LogP contribution in [0.5, 0.6) is 0 Å². The Morgan fingerprint density at radius 3 is 2.45 bits per heavy atom. The summed E-state index contributed by atoms with van der Waals surface area (Å²) in [6.07, 6.45) is 10.6. The molecule has 0 aliphatic carbocycles. The van der Waals surface area contributed by atoms with Crippen LogP contribution in [0.1, 0.15) is 51.0 Å². The van der Waals surface area contributed by atoms with Gasteiger partial charge in [0.15, 0.2) is 0 Å². The topological polar surface area (TPSA) is 32.9 Å². The van der Waals surface area contributed by atoms with Crippen LogP contribution in [0.4, 0.5) is 0 Å². The Bertz CT molecular complexity index is 606. The monoisotopic (exact) mass is 363 g/mol. The first-order valence-corrected chi connectivity index (χ1v) is 9.96. The molecule has 2 aromatic rings. The van der Waals surface area contributed by atoms with Gasteiger partial charge in [0.1, 0.15) is 0 Å². The van der Waals surface area contributed by atoms with Crippen molar-refractivity contribution in [2.45, 2.75) is 51.9 Å². The van der Waals surface area contributed by atoms with Gasteiger partial charge >= 0.3 is 139 Å². The van der Waals surface area contributed by atoms with E-state index in [-0.39, 0.29) is 20.5 Å². The molecule has 0 amide bonds. The molecule has 0 saturated carbocycles. The van der Waals surface area contributed by atoms with E-state index in [1.807, 2.05) is 18.2 Å². The molecule has 1 N–H and O–H groups in total. The van der Waals surface area contributed by atoms with Crippen LogP contribution in [0.2, 0.25) is 0 Å². The van der Waals surface area contributed by atoms with Gasteiger partial charge in [-0.2, -0.15) is 0 Å². The number of aromatic nitrogens is 1. The van der Waals surface area contributed by atoms with Gasteiger partial charge < -0.3 is 0 Å². The van der Waals surface area contributed by atoms with Crippen molar-refractivity contribution < 1.29 is 0 Å². The van der Waals surface area contributed by atoms with Crippen molar-refractivity contribution in [3.8, 4) is 0 Å². The third kappa shape index (κ3) is 5.47. The molecule has 0 radical (unpaired) electrons. The number of H-pyrrole nitrogens is 1. The fourth-order valence-electron chi connectivity index (χ4n) is 2.52. The van der Waals surface area contributed by atoms with Crippen molar-refractivity contribution in [1.82, 2.24) is 4.98 Å². The van der Waals surface area contributed by atoms with E-state index in [9.17, 15) is 4.79 Å². The van der Waals surface area contributed by atoms with Crippen molar-refractivity contribution in [2.75, 3.05) is 0 Å². The second kappa shape index (κ2) is 9.65. The van der Waals surface area contributed by atoms with Gasteiger partial charge in [-0.15, -0.1) is 0 Å². The first kappa shape index (κ1) is 17.0. The fraction of sp³-hybridized carbons (Fsp3) is 0.421. The van der Waals surface area contributed by atoms with Crippen molar-refractivity contribution in [3.05, 3.63) is 58.5 Å². The Kier molecular flexibility index (Phi) is 7.48. The van der Waals surface area contributed by atoms with Crippen LogP contribution < -0.4 is 14.5 Å². The molecule has 0 aliphatic rings. The molecule has 0 spiro atoms. The summed E-state index contributed by atoms with van der Waals surface area (Å²) in [4.78, 5) is 15.0. The predicted octanol–water partition coefficient (Wildman–Crippen LogP) is 2.93. The normalized spacial score (nSPS) is 10.8. The number of hydrogen-bond acceptors (Lipinski definition) is 1. The van der Waals surface area contributed by atoms with Gasteiger partial charge in [-0.05, 0) is 0 Å². The Labute approximate surface area is 139 Å². The van der Waals surface area contributed by atoms with Crippen LogP contribution in [0.25, 0.3) is 0 Å². The maximum absolute atomic E-state index is 12.2. The van der Waals surface area contributed by atoms with E-state index in [1.54, 1.807) is 6.20 Å². The Hall–Kier alpha value is -1.31. The molecule has 2 rings (SSSR count). The first-order valence-electron chi connectivity index (χ1n) is 8.24. The van der Waals surface area contributed by atoms with Crippen molar-refractivity contribution in [1.29, 1.82) is 0 Å². The second-order valence-corrected chi connectivity index (χ2v) is 7.87. The van der Waals surface area contributed by atoms with E-state index in [1.165, 1.54) is 48.6 Å². The Morgan fingerprint density at radius 1 is 0.955 bits per heavy atom. The quantitative estimate of drug-likeness (QED) is 0.540. The van der Waals surface area contributed by atoms with Crippen LogP contribution >= 0.6 is 0 Å².